The van der Waals surface area contributed by atoms with Crippen LogP contribution in [0.15, 0.2) is 53.6 Å². The van der Waals surface area contributed by atoms with Crippen molar-refractivity contribution >= 4 is 38.3 Å². The van der Waals surface area contributed by atoms with E-state index in [0.29, 0.717) is 41.3 Å². The van der Waals surface area contributed by atoms with E-state index in [2.05, 4.69) is 20.3 Å². The second-order valence-electron chi connectivity index (χ2n) is 9.46. The number of rotatable bonds is 5. The molecule has 2 aliphatic rings. The van der Waals surface area contributed by atoms with E-state index in [0.717, 1.165) is 12.1 Å². The first-order valence-corrected chi connectivity index (χ1v) is 14.2. The largest absolute Gasteiger partial charge is 0.489 e. The van der Waals surface area contributed by atoms with Gasteiger partial charge in [0.25, 0.3) is 12.3 Å². The van der Waals surface area contributed by atoms with E-state index < -0.39 is 56.3 Å². The van der Waals surface area contributed by atoms with Crippen LogP contribution < -0.4 is 19.7 Å². The van der Waals surface area contributed by atoms with E-state index in [1.54, 1.807) is 23.1 Å². The molecule has 1 amide bonds. The third kappa shape index (κ3) is 5.04. The third-order valence-electron chi connectivity index (χ3n) is 6.74. The summed E-state index contributed by atoms with van der Waals surface area (Å²) in [5, 5.41) is 3.21. The summed E-state index contributed by atoms with van der Waals surface area (Å²) in [6, 6.07) is 9.40. The molecule has 1 aromatic carbocycles. The molecule has 1 N–H and O–H groups in total. The summed E-state index contributed by atoms with van der Waals surface area (Å²) in [5.41, 5.74) is -2.16. The van der Waals surface area contributed by atoms with E-state index in [1.165, 1.54) is 18.3 Å². The quantitative estimate of drug-likeness (QED) is 0.331. The minimum Gasteiger partial charge on any atom is -0.489 e. The van der Waals surface area contributed by atoms with Crippen LogP contribution in [0.3, 0.4) is 0 Å². The maximum Gasteiger partial charge on any atom is 0.280 e. The molecule has 15 heteroatoms. The number of ether oxygens (including phenoxy) is 2. The van der Waals surface area contributed by atoms with Gasteiger partial charge in [-0.1, -0.05) is 0 Å². The van der Waals surface area contributed by atoms with Gasteiger partial charge >= 0.3 is 0 Å². The van der Waals surface area contributed by atoms with Crippen LogP contribution in [0, 0.1) is 5.82 Å². The molecule has 2 aliphatic heterocycles. The number of hydrogen-bond donors (Lipinski definition) is 1. The molecular weight excluding hydrogens is 582 g/mol. The summed E-state index contributed by atoms with van der Waals surface area (Å²) in [6.45, 7) is 0.151. The molecule has 218 valence electrons. The predicted molar refractivity (Wildman–Crippen MR) is 141 cm³/mol. The summed E-state index contributed by atoms with van der Waals surface area (Å²) < 4.78 is 91.0. The van der Waals surface area contributed by atoms with Gasteiger partial charge in [-0.2, -0.15) is 0 Å². The predicted octanol–water partition coefficient (Wildman–Crippen LogP) is 4.41. The van der Waals surface area contributed by atoms with Crippen molar-refractivity contribution < 1.29 is 40.2 Å². The van der Waals surface area contributed by atoms with Crippen molar-refractivity contribution in [3.63, 3.8) is 0 Å². The van der Waals surface area contributed by atoms with Gasteiger partial charge in [0, 0.05) is 23.6 Å². The highest BCUT2D eigenvalue weighted by atomic mass is 32.2. The Bertz CT molecular complexity index is 1820. The van der Waals surface area contributed by atoms with E-state index in [1.807, 2.05) is 0 Å². The molecule has 0 bridgehead atoms. The SMILES string of the molecule is O=C(NCc1cc2nc(N3CCOc4ccc(C(F)F)nc43)ccc2cn1)c1cc(F)c2c(c1)S(=O)(=O)[C@@H](F)CCO2. The third-order valence-corrected chi connectivity index (χ3v) is 8.57. The van der Waals surface area contributed by atoms with Crippen LogP contribution in [-0.4, -0.2) is 54.5 Å². The number of benzene rings is 1. The number of sulfone groups is 1. The first kappa shape index (κ1) is 27.6. The van der Waals surface area contributed by atoms with Crippen molar-refractivity contribution in [2.24, 2.45) is 0 Å². The second kappa shape index (κ2) is 10.7. The number of carbonyl (C=O) groups excluding carboxylic acids is 1. The Morgan fingerprint density at radius 1 is 1.10 bits per heavy atom. The van der Waals surface area contributed by atoms with Crippen molar-refractivity contribution in [3.05, 3.63) is 71.4 Å². The average molecular weight is 604 g/mol. The van der Waals surface area contributed by atoms with Gasteiger partial charge < -0.3 is 19.7 Å². The van der Waals surface area contributed by atoms with Crippen molar-refractivity contribution in [1.82, 2.24) is 20.3 Å². The number of halogens is 4. The lowest BCUT2D eigenvalue weighted by Crippen LogP contribution is -2.30. The summed E-state index contributed by atoms with van der Waals surface area (Å²) >= 11 is 0. The molecule has 10 nitrogen and oxygen atoms in total. The molecule has 6 rings (SSSR count). The lowest BCUT2D eigenvalue weighted by atomic mass is 10.2. The Morgan fingerprint density at radius 2 is 1.93 bits per heavy atom. The molecule has 4 aromatic rings. The topological polar surface area (TPSA) is 124 Å². The van der Waals surface area contributed by atoms with Crippen LogP contribution in [0.5, 0.6) is 11.5 Å². The summed E-state index contributed by atoms with van der Waals surface area (Å²) in [7, 11) is -4.55. The Labute approximate surface area is 236 Å². The molecule has 0 aliphatic carbocycles. The van der Waals surface area contributed by atoms with Crippen LogP contribution in [0.4, 0.5) is 29.2 Å². The lowest BCUT2D eigenvalue weighted by molar-refractivity contribution is 0.0949. The van der Waals surface area contributed by atoms with Crippen LogP contribution >= 0.6 is 0 Å². The molecule has 3 aromatic heterocycles. The Balaban J connectivity index is 1.24. The molecule has 0 radical (unpaired) electrons. The number of carbonyl (C=O) groups is 1. The van der Waals surface area contributed by atoms with Gasteiger partial charge in [0.05, 0.1) is 30.9 Å². The first-order valence-electron chi connectivity index (χ1n) is 12.7. The maximum absolute atomic E-state index is 14.7. The van der Waals surface area contributed by atoms with Crippen molar-refractivity contribution in [2.45, 2.75) is 29.8 Å². The summed E-state index contributed by atoms with van der Waals surface area (Å²) in [4.78, 5) is 26.7. The summed E-state index contributed by atoms with van der Waals surface area (Å²) in [6.07, 6.45) is -1.69. The number of anilines is 2. The van der Waals surface area contributed by atoms with Gasteiger partial charge in [0.2, 0.25) is 15.3 Å². The molecule has 0 unspecified atom stereocenters. The van der Waals surface area contributed by atoms with Crippen LogP contribution in [0.1, 0.15) is 34.6 Å². The lowest BCUT2D eigenvalue weighted by Gasteiger charge is -2.29. The van der Waals surface area contributed by atoms with Crippen LogP contribution in [0.2, 0.25) is 0 Å². The van der Waals surface area contributed by atoms with Gasteiger partial charge in [0.15, 0.2) is 23.1 Å². The standard InChI is InChI=1S/C27H21F4N5O5S/c28-17-9-15(10-21-24(17)41-7-5-22(29)42(21,38)39)27(37)33-13-16-11-19-14(12-32-16)1-4-23(34-19)36-6-8-40-20-3-2-18(25(30)31)35-26(20)36/h1-4,9-12,22,25H,5-8,13H2,(H,33,37)/t22-/m1/s1. The van der Waals surface area contributed by atoms with Gasteiger partial charge in [-0.15, -0.1) is 0 Å². The number of pyridine rings is 3. The smallest absolute Gasteiger partial charge is 0.280 e. The minimum atomic E-state index is -4.55. The summed E-state index contributed by atoms with van der Waals surface area (Å²) in [5.74, 6) is -1.54. The molecule has 5 heterocycles. The number of nitrogens with one attached hydrogen (secondary N) is 1. The van der Waals surface area contributed by atoms with Gasteiger partial charge in [-0.3, -0.25) is 9.78 Å². The molecule has 0 fully saturated rings. The zero-order valence-electron chi connectivity index (χ0n) is 21.6. The van der Waals surface area contributed by atoms with E-state index in [9.17, 15) is 30.8 Å². The zero-order valence-corrected chi connectivity index (χ0v) is 22.4. The Kier molecular flexibility index (Phi) is 7.04. The Morgan fingerprint density at radius 3 is 2.74 bits per heavy atom. The number of hydrogen-bond acceptors (Lipinski definition) is 9. The maximum atomic E-state index is 14.7. The fraction of sp³-hybridized carbons (Fsp3) is 0.259. The fourth-order valence-corrected chi connectivity index (χ4v) is 6.01. The highest BCUT2D eigenvalue weighted by Gasteiger charge is 2.35. The van der Waals surface area contributed by atoms with Crippen LogP contribution in [0.25, 0.3) is 10.9 Å². The molecule has 1 atom stereocenters. The number of fused-ring (bicyclic) bond motifs is 3. The van der Waals surface area contributed by atoms with Crippen LogP contribution in [-0.2, 0) is 16.4 Å². The van der Waals surface area contributed by atoms with E-state index >= 15 is 0 Å². The monoisotopic (exact) mass is 603 g/mol. The van der Waals surface area contributed by atoms with Gasteiger partial charge in [-0.05, 0) is 42.5 Å². The normalized spacial score (nSPS) is 17.5. The van der Waals surface area contributed by atoms with E-state index in [4.69, 9.17) is 9.47 Å². The van der Waals surface area contributed by atoms with Crippen molar-refractivity contribution in [2.75, 3.05) is 24.7 Å². The van der Waals surface area contributed by atoms with Gasteiger partial charge in [0.1, 0.15) is 23.0 Å². The van der Waals surface area contributed by atoms with E-state index in [-0.39, 0.29) is 24.5 Å². The molecule has 42 heavy (non-hydrogen) atoms. The number of nitrogens with zero attached hydrogens (tertiary/aromatic N) is 4. The number of alkyl halides is 3. The van der Waals surface area contributed by atoms with Crippen molar-refractivity contribution in [1.29, 1.82) is 0 Å². The second-order valence-corrected chi connectivity index (χ2v) is 11.5. The molecule has 0 spiro atoms. The Hall–Kier alpha value is -4.53. The first-order chi connectivity index (χ1) is 20.1. The highest BCUT2D eigenvalue weighted by Crippen LogP contribution is 2.37. The fourth-order valence-electron chi connectivity index (χ4n) is 4.62. The zero-order chi connectivity index (χ0) is 29.6. The molecule has 0 saturated carbocycles. The van der Waals surface area contributed by atoms with Crippen molar-refractivity contribution in [3.8, 4) is 11.5 Å². The molecular formula is C27H21F4N5O5S. The number of aromatic nitrogens is 3. The number of amides is 1. The highest BCUT2D eigenvalue weighted by molar-refractivity contribution is 7.92. The minimum absolute atomic E-state index is 0.131. The average Bonchev–Trinajstić information content (AvgIpc) is 3.10. The molecule has 0 saturated heterocycles. The van der Waals surface area contributed by atoms with Gasteiger partial charge in [-0.25, -0.2) is 35.9 Å².